The van der Waals surface area contributed by atoms with Gasteiger partial charge >= 0.3 is 6.09 Å². The van der Waals surface area contributed by atoms with Crippen molar-refractivity contribution < 1.29 is 9.53 Å². The first-order chi connectivity index (χ1) is 9.61. The second kappa shape index (κ2) is 7.29. The molecule has 0 bridgehead atoms. The van der Waals surface area contributed by atoms with Crippen LogP contribution in [-0.4, -0.2) is 18.7 Å². The Morgan fingerprint density at radius 1 is 1.35 bits per heavy atom. The van der Waals surface area contributed by atoms with Crippen molar-refractivity contribution in [1.29, 1.82) is 0 Å². The van der Waals surface area contributed by atoms with E-state index in [-0.39, 0.29) is 12.2 Å². The molecule has 0 radical (unpaired) electrons. The van der Waals surface area contributed by atoms with Gasteiger partial charge in [0, 0.05) is 9.26 Å². The lowest BCUT2D eigenvalue weighted by Gasteiger charge is -2.14. The van der Waals surface area contributed by atoms with Crippen LogP contribution in [0.25, 0.3) is 0 Å². The van der Waals surface area contributed by atoms with Crippen LogP contribution in [0, 0.1) is 10.5 Å². The second-order valence-corrected chi connectivity index (χ2v) is 6.56. The van der Waals surface area contributed by atoms with E-state index < -0.39 is 0 Å². The number of unbranched alkanes of at least 4 members (excludes halogenated alkanes) is 3. The maximum Gasteiger partial charge on any atom is 0.414 e. The lowest BCUT2D eigenvalue weighted by atomic mass is 10.1. The van der Waals surface area contributed by atoms with Crippen LogP contribution in [0.5, 0.6) is 0 Å². The standard InChI is InChI=1S/C16H22INO2/c1-3-4-5-6-7-14-11-18(16(19)20-14)13-8-9-15(17)12(2)10-13/h8-10,14H,3-7,11H2,1-2H3. The molecule has 0 N–H and O–H groups in total. The Bertz CT molecular complexity index is 476. The molecule has 1 saturated heterocycles. The van der Waals surface area contributed by atoms with Crippen LogP contribution in [0.2, 0.25) is 0 Å². The van der Waals surface area contributed by atoms with Crippen LogP contribution in [0.1, 0.15) is 44.6 Å². The minimum atomic E-state index is -0.203. The SMILES string of the molecule is CCCCCCC1CN(c2ccc(I)c(C)c2)C(=O)O1. The quantitative estimate of drug-likeness (QED) is 0.514. The molecule has 1 heterocycles. The van der Waals surface area contributed by atoms with E-state index in [0.717, 1.165) is 18.5 Å². The summed E-state index contributed by atoms with van der Waals surface area (Å²) in [4.78, 5) is 13.7. The molecule has 4 heteroatoms. The van der Waals surface area contributed by atoms with Gasteiger partial charge in [0.05, 0.1) is 6.54 Å². The maximum atomic E-state index is 12.0. The molecule has 1 atom stereocenters. The molecule has 1 fully saturated rings. The molecular formula is C16H22INO2. The number of cyclic esters (lactones) is 1. The van der Waals surface area contributed by atoms with Crippen LogP contribution in [-0.2, 0) is 4.74 Å². The van der Waals surface area contributed by atoms with Crippen LogP contribution in [0.4, 0.5) is 10.5 Å². The average molecular weight is 387 g/mol. The van der Waals surface area contributed by atoms with E-state index in [1.165, 1.54) is 28.4 Å². The molecule has 1 aliphatic heterocycles. The van der Waals surface area contributed by atoms with Gasteiger partial charge in [-0.1, -0.05) is 26.2 Å². The molecule has 1 amide bonds. The Hall–Kier alpha value is -0.780. The zero-order valence-corrected chi connectivity index (χ0v) is 14.4. The van der Waals surface area contributed by atoms with Crippen LogP contribution in [0.15, 0.2) is 18.2 Å². The number of hydrogen-bond donors (Lipinski definition) is 0. The number of carbonyl (C=O) groups excluding carboxylic acids is 1. The number of ether oxygens (including phenoxy) is 1. The van der Waals surface area contributed by atoms with Crippen molar-refractivity contribution >= 4 is 34.4 Å². The van der Waals surface area contributed by atoms with Gasteiger partial charge in [-0.2, -0.15) is 0 Å². The Labute approximate surface area is 134 Å². The monoisotopic (exact) mass is 387 g/mol. The van der Waals surface area contributed by atoms with Crippen molar-refractivity contribution in [2.45, 2.75) is 52.1 Å². The highest BCUT2D eigenvalue weighted by atomic mass is 127. The fraction of sp³-hybridized carbons (Fsp3) is 0.562. The Morgan fingerprint density at radius 3 is 2.85 bits per heavy atom. The second-order valence-electron chi connectivity index (χ2n) is 5.40. The van der Waals surface area contributed by atoms with Crippen LogP contribution in [0.3, 0.4) is 0 Å². The van der Waals surface area contributed by atoms with Crippen molar-refractivity contribution in [3.05, 3.63) is 27.3 Å². The molecular weight excluding hydrogens is 365 g/mol. The summed E-state index contributed by atoms with van der Waals surface area (Å²) >= 11 is 2.30. The Kier molecular flexibility index (Phi) is 5.69. The van der Waals surface area contributed by atoms with Crippen molar-refractivity contribution in [1.82, 2.24) is 0 Å². The number of aryl methyl sites for hydroxylation is 1. The first-order valence-corrected chi connectivity index (χ1v) is 8.44. The van der Waals surface area contributed by atoms with Crippen LogP contribution >= 0.6 is 22.6 Å². The van der Waals surface area contributed by atoms with Crippen LogP contribution < -0.4 is 4.90 Å². The summed E-state index contributed by atoms with van der Waals surface area (Å²) in [6, 6.07) is 6.10. The van der Waals surface area contributed by atoms with Gasteiger partial charge < -0.3 is 4.74 Å². The van der Waals surface area contributed by atoms with E-state index in [2.05, 4.69) is 42.5 Å². The molecule has 1 aromatic rings. The minimum absolute atomic E-state index is 0.0546. The lowest BCUT2D eigenvalue weighted by molar-refractivity contribution is 0.135. The number of benzene rings is 1. The van der Waals surface area contributed by atoms with E-state index in [1.54, 1.807) is 4.90 Å². The van der Waals surface area contributed by atoms with E-state index in [1.807, 2.05) is 12.1 Å². The molecule has 110 valence electrons. The van der Waals surface area contributed by atoms with Crippen molar-refractivity contribution in [2.24, 2.45) is 0 Å². The molecule has 1 unspecified atom stereocenters. The third-order valence-electron chi connectivity index (χ3n) is 3.71. The number of rotatable bonds is 6. The molecule has 0 aliphatic carbocycles. The van der Waals surface area contributed by atoms with Gasteiger partial charge in [-0.05, 0) is 66.1 Å². The molecule has 2 rings (SSSR count). The third kappa shape index (κ3) is 3.87. The smallest absolute Gasteiger partial charge is 0.414 e. The number of anilines is 1. The highest BCUT2D eigenvalue weighted by Crippen LogP contribution is 2.26. The van der Waals surface area contributed by atoms with Crippen molar-refractivity contribution in [3.63, 3.8) is 0 Å². The van der Waals surface area contributed by atoms with E-state index in [9.17, 15) is 4.79 Å². The molecule has 0 saturated carbocycles. The summed E-state index contributed by atoms with van der Waals surface area (Å²) in [7, 11) is 0. The Balaban J connectivity index is 1.93. The number of carbonyl (C=O) groups is 1. The highest BCUT2D eigenvalue weighted by molar-refractivity contribution is 14.1. The fourth-order valence-corrected chi connectivity index (χ4v) is 2.81. The highest BCUT2D eigenvalue weighted by Gasteiger charge is 2.31. The number of amides is 1. The predicted molar refractivity (Wildman–Crippen MR) is 90.3 cm³/mol. The lowest BCUT2D eigenvalue weighted by Crippen LogP contribution is -2.24. The van der Waals surface area contributed by atoms with Gasteiger partial charge in [-0.3, -0.25) is 4.90 Å². The number of halogens is 1. The fourth-order valence-electron chi connectivity index (χ4n) is 2.48. The molecule has 1 aromatic carbocycles. The van der Waals surface area contributed by atoms with E-state index >= 15 is 0 Å². The zero-order valence-electron chi connectivity index (χ0n) is 12.2. The first kappa shape index (κ1) is 15.6. The predicted octanol–water partition coefficient (Wildman–Crippen LogP) is 4.90. The maximum absolute atomic E-state index is 12.0. The number of hydrogen-bond acceptors (Lipinski definition) is 2. The van der Waals surface area contributed by atoms with Gasteiger partial charge in [-0.15, -0.1) is 0 Å². The third-order valence-corrected chi connectivity index (χ3v) is 4.92. The van der Waals surface area contributed by atoms with Gasteiger partial charge in [0.25, 0.3) is 0 Å². The first-order valence-electron chi connectivity index (χ1n) is 7.36. The minimum Gasteiger partial charge on any atom is -0.444 e. The van der Waals surface area contributed by atoms with Gasteiger partial charge in [0.15, 0.2) is 0 Å². The van der Waals surface area contributed by atoms with Gasteiger partial charge in [0.2, 0.25) is 0 Å². The molecule has 3 nitrogen and oxygen atoms in total. The van der Waals surface area contributed by atoms with Gasteiger partial charge in [-0.25, -0.2) is 4.79 Å². The molecule has 0 aromatic heterocycles. The summed E-state index contributed by atoms with van der Waals surface area (Å²) in [6.07, 6.45) is 5.70. The van der Waals surface area contributed by atoms with Crippen molar-refractivity contribution in [3.8, 4) is 0 Å². The largest absolute Gasteiger partial charge is 0.444 e. The summed E-state index contributed by atoms with van der Waals surface area (Å²) in [6.45, 7) is 4.95. The average Bonchev–Trinajstić information content (AvgIpc) is 2.79. The molecule has 1 aliphatic rings. The molecule has 0 spiro atoms. The topological polar surface area (TPSA) is 29.5 Å². The van der Waals surface area contributed by atoms with Crippen molar-refractivity contribution in [2.75, 3.05) is 11.4 Å². The summed E-state index contributed by atoms with van der Waals surface area (Å²) in [5.41, 5.74) is 2.14. The summed E-state index contributed by atoms with van der Waals surface area (Å²) in [5.74, 6) is 0. The molecule has 20 heavy (non-hydrogen) atoms. The zero-order chi connectivity index (χ0) is 14.5. The number of nitrogens with zero attached hydrogens (tertiary/aromatic N) is 1. The normalized spacial score (nSPS) is 18.4. The van der Waals surface area contributed by atoms with E-state index in [0.29, 0.717) is 6.54 Å². The Morgan fingerprint density at radius 2 is 2.15 bits per heavy atom. The summed E-state index contributed by atoms with van der Waals surface area (Å²) in [5, 5.41) is 0. The summed E-state index contributed by atoms with van der Waals surface area (Å²) < 4.78 is 6.68. The van der Waals surface area contributed by atoms with E-state index in [4.69, 9.17) is 4.74 Å². The van der Waals surface area contributed by atoms with Gasteiger partial charge in [0.1, 0.15) is 6.10 Å².